The molecule has 2 N–H and O–H groups in total. The van der Waals surface area contributed by atoms with Crippen molar-refractivity contribution in [2.45, 2.75) is 26.8 Å². The molecule has 0 saturated carbocycles. The number of hydrogen-bond acceptors (Lipinski definition) is 5. The van der Waals surface area contributed by atoms with Gasteiger partial charge >= 0.3 is 5.97 Å². The molecule has 0 radical (unpaired) electrons. The second-order valence-corrected chi connectivity index (χ2v) is 6.19. The fourth-order valence-corrected chi connectivity index (χ4v) is 2.09. The summed E-state index contributed by atoms with van der Waals surface area (Å²) in [4.78, 5) is 21.2. The molecule has 24 heavy (non-hydrogen) atoms. The van der Waals surface area contributed by atoms with Crippen LogP contribution in [0.15, 0.2) is 40.8 Å². The molecule has 0 aliphatic carbocycles. The van der Waals surface area contributed by atoms with Crippen LogP contribution >= 0.6 is 0 Å². The molecule has 0 bridgehead atoms. The molecule has 128 valence electrons. The number of benzene rings is 1. The Balaban J connectivity index is 1.89. The van der Waals surface area contributed by atoms with Crippen LogP contribution in [0.25, 0.3) is 11.3 Å². The van der Waals surface area contributed by atoms with Crippen LogP contribution in [0.3, 0.4) is 0 Å². The Morgan fingerprint density at radius 3 is 2.50 bits per heavy atom. The molecule has 1 aromatic heterocycles. The van der Waals surface area contributed by atoms with Gasteiger partial charge in [-0.05, 0) is 51.1 Å². The maximum Gasteiger partial charge on any atom is 0.309 e. The zero-order valence-corrected chi connectivity index (χ0v) is 13.6. The number of carboxylic acids is 1. The first kappa shape index (κ1) is 17.7. The number of non-ortho nitro benzene ring substituents is 1. The summed E-state index contributed by atoms with van der Waals surface area (Å²) < 4.78 is 5.70. The minimum absolute atomic E-state index is 0.0354. The van der Waals surface area contributed by atoms with Crippen LogP contribution in [0.4, 0.5) is 5.69 Å². The van der Waals surface area contributed by atoms with Gasteiger partial charge in [-0.2, -0.15) is 0 Å². The Kier molecular flexibility index (Phi) is 5.35. The SMILES string of the molecule is CC(C)(CCNCc1ccc(-c2ccc([N+](=O)[O-])cc2)o1)C(=O)O. The molecule has 0 atom stereocenters. The van der Waals surface area contributed by atoms with Crippen LogP contribution in [-0.4, -0.2) is 22.5 Å². The molecule has 0 unspecified atom stereocenters. The second-order valence-electron chi connectivity index (χ2n) is 6.19. The third kappa shape index (κ3) is 4.42. The predicted octanol–water partition coefficient (Wildman–Crippen LogP) is 3.45. The molecule has 0 amide bonds. The lowest BCUT2D eigenvalue weighted by Crippen LogP contribution is -2.28. The van der Waals surface area contributed by atoms with Crippen molar-refractivity contribution in [1.82, 2.24) is 5.32 Å². The Labute approximate surface area is 139 Å². The van der Waals surface area contributed by atoms with Crippen LogP contribution in [0.5, 0.6) is 0 Å². The van der Waals surface area contributed by atoms with Gasteiger partial charge in [0.15, 0.2) is 0 Å². The Morgan fingerprint density at radius 2 is 1.92 bits per heavy atom. The van der Waals surface area contributed by atoms with Crippen molar-refractivity contribution in [3.8, 4) is 11.3 Å². The monoisotopic (exact) mass is 332 g/mol. The zero-order valence-electron chi connectivity index (χ0n) is 13.6. The average Bonchev–Trinajstić information content (AvgIpc) is 3.00. The topological polar surface area (TPSA) is 106 Å². The van der Waals surface area contributed by atoms with Crippen molar-refractivity contribution in [3.05, 3.63) is 52.3 Å². The van der Waals surface area contributed by atoms with Gasteiger partial charge in [0.2, 0.25) is 0 Å². The van der Waals surface area contributed by atoms with E-state index in [0.717, 1.165) is 11.3 Å². The molecule has 1 heterocycles. The summed E-state index contributed by atoms with van der Waals surface area (Å²) >= 11 is 0. The maximum atomic E-state index is 11.0. The van der Waals surface area contributed by atoms with Gasteiger partial charge in [-0.1, -0.05) is 0 Å². The third-order valence-electron chi connectivity index (χ3n) is 3.83. The lowest BCUT2D eigenvalue weighted by atomic mass is 9.90. The molecule has 2 aromatic rings. The molecule has 0 saturated heterocycles. The van der Waals surface area contributed by atoms with Crippen molar-refractivity contribution in [2.24, 2.45) is 5.41 Å². The highest BCUT2D eigenvalue weighted by Crippen LogP contribution is 2.24. The molecule has 0 spiro atoms. The van der Waals surface area contributed by atoms with E-state index in [-0.39, 0.29) is 5.69 Å². The van der Waals surface area contributed by atoms with E-state index in [0.29, 0.717) is 25.3 Å². The first-order valence-electron chi connectivity index (χ1n) is 7.57. The Hall–Kier alpha value is -2.67. The first-order valence-corrected chi connectivity index (χ1v) is 7.57. The molecule has 1 aromatic carbocycles. The number of nitrogens with zero attached hydrogens (tertiary/aromatic N) is 1. The number of furan rings is 1. The highest BCUT2D eigenvalue weighted by Gasteiger charge is 2.26. The summed E-state index contributed by atoms with van der Waals surface area (Å²) in [6, 6.07) is 9.78. The van der Waals surface area contributed by atoms with E-state index in [1.807, 2.05) is 6.07 Å². The largest absolute Gasteiger partial charge is 0.481 e. The number of nitro groups is 1. The summed E-state index contributed by atoms with van der Waals surface area (Å²) in [5.74, 6) is 0.534. The standard InChI is InChI=1S/C17H20N2O5/c1-17(2,16(20)21)9-10-18-11-14-7-8-15(24-14)12-3-5-13(6-4-12)19(22)23/h3-8,18H,9-11H2,1-2H3,(H,20,21). The van der Waals surface area contributed by atoms with E-state index >= 15 is 0 Å². The van der Waals surface area contributed by atoms with E-state index in [4.69, 9.17) is 9.52 Å². The van der Waals surface area contributed by atoms with Crippen LogP contribution in [-0.2, 0) is 11.3 Å². The van der Waals surface area contributed by atoms with Crippen LogP contribution in [0.2, 0.25) is 0 Å². The van der Waals surface area contributed by atoms with E-state index in [1.165, 1.54) is 12.1 Å². The summed E-state index contributed by atoms with van der Waals surface area (Å²) in [5, 5.41) is 22.9. The van der Waals surface area contributed by atoms with Gasteiger partial charge in [-0.15, -0.1) is 0 Å². The summed E-state index contributed by atoms with van der Waals surface area (Å²) in [6.07, 6.45) is 0.512. The molecule has 0 fully saturated rings. The van der Waals surface area contributed by atoms with E-state index in [1.54, 1.807) is 32.0 Å². The van der Waals surface area contributed by atoms with Gasteiger partial charge in [0.25, 0.3) is 5.69 Å². The van der Waals surface area contributed by atoms with Crippen molar-refractivity contribution in [2.75, 3.05) is 6.54 Å². The number of hydrogen-bond donors (Lipinski definition) is 2. The number of nitro benzene ring substituents is 1. The van der Waals surface area contributed by atoms with Gasteiger partial charge in [0, 0.05) is 17.7 Å². The predicted molar refractivity (Wildman–Crippen MR) is 88.5 cm³/mol. The maximum absolute atomic E-state index is 11.0. The minimum atomic E-state index is -0.817. The Morgan fingerprint density at radius 1 is 1.25 bits per heavy atom. The van der Waals surface area contributed by atoms with Crippen molar-refractivity contribution in [1.29, 1.82) is 0 Å². The normalized spacial score (nSPS) is 11.4. The van der Waals surface area contributed by atoms with Gasteiger partial charge in [-0.3, -0.25) is 14.9 Å². The third-order valence-corrected chi connectivity index (χ3v) is 3.83. The summed E-state index contributed by atoms with van der Waals surface area (Å²) in [6.45, 7) is 4.43. The number of nitrogens with one attached hydrogen (secondary N) is 1. The number of carbonyl (C=O) groups is 1. The van der Waals surface area contributed by atoms with Crippen molar-refractivity contribution in [3.63, 3.8) is 0 Å². The average molecular weight is 332 g/mol. The lowest BCUT2D eigenvalue weighted by molar-refractivity contribution is -0.384. The van der Waals surface area contributed by atoms with Gasteiger partial charge in [0.1, 0.15) is 11.5 Å². The van der Waals surface area contributed by atoms with Gasteiger partial charge in [-0.25, -0.2) is 0 Å². The molecule has 2 rings (SSSR count). The van der Waals surface area contributed by atoms with Crippen LogP contribution in [0, 0.1) is 15.5 Å². The van der Waals surface area contributed by atoms with Crippen molar-refractivity contribution >= 4 is 11.7 Å². The smallest absolute Gasteiger partial charge is 0.309 e. The minimum Gasteiger partial charge on any atom is -0.481 e. The summed E-state index contributed by atoms with van der Waals surface area (Å²) in [7, 11) is 0. The second kappa shape index (κ2) is 7.27. The number of carboxylic acid groups (broad SMARTS) is 1. The summed E-state index contributed by atoms with van der Waals surface area (Å²) in [5.41, 5.74) is 0.0344. The number of rotatable bonds is 8. The fourth-order valence-electron chi connectivity index (χ4n) is 2.09. The molecule has 7 heteroatoms. The van der Waals surface area contributed by atoms with Crippen molar-refractivity contribution < 1.29 is 19.2 Å². The van der Waals surface area contributed by atoms with E-state index in [9.17, 15) is 14.9 Å². The lowest BCUT2D eigenvalue weighted by Gasteiger charge is -2.18. The Bertz CT molecular complexity index is 719. The quantitative estimate of drug-likeness (QED) is 0.436. The zero-order chi connectivity index (χ0) is 17.7. The van der Waals surface area contributed by atoms with E-state index < -0.39 is 16.3 Å². The molecule has 7 nitrogen and oxygen atoms in total. The van der Waals surface area contributed by atoms with Crippen LogP contribution < -0.4 is 5.32 Å². The molecule has 0 aliphatic rings. The molecular weight excluding hydrogens is 312 g/mol. The molecule has 0 aliphatic heterocycles. The highest BCUT2D eigenvalue weighted by atomic mass is 16.6. The fraction of sp³-hybridized carbons (Fsp3) is 0.353. The van der Waals surface area contributed by atoms with Crippen LogP contribution in [0.1, 0.15) is 26.0 Å². The van der Waals surface area contributed by atoms with Gasteiger partial charge in [0.05, 0.1) is 16.9 Å². The van der Waals surface area contributed by atoms with E-state index in [2.05, 4.69) is 5.32 Å². The number of aliphatic carboxylic acids is 1. The highest BCUT2D eigenvalue weighted by molar-refractivity contribution is 5.73. The van der Waals surface area contributed by atoms with Gasteiger partial charge < -0.3 is 14.8 Å². The molecular formula is C17H20N2O5. The first-order chi connectivity index (χ1) is 11.3.